The molecule has 3 rings (SSSR count). The number of carbonyl (C=O) groups excluding carboxylic acids is 2. The van der Waals surface area contributed by atoms with Crippen LogP contribution in [0.5, 0.6) is 0 Å². The molecule has 1 fully saturated rings. The minimum atomic E-state index is -0.259. The van der Waals surface area contributed by atoms with Crippen molar-refractivity contribution in [3.05, 3.63) is 40.4 Å². The van der Waals surface area contributed by atoms with E-state index < -0.39 is 0 Å². The molecule has 1 aliphatic heterocycles. The molecule has 1 N–H and O–H groups in total. The fourth-order valence-electron chi connectivity index (χ4n) is 2.55. The third-order valence-electron chi connectivity index (χ3n) is 3.75. The number of rotatable bonds is 2. The highest BCUT2D eigenvalue weighted by Crippen LogP contribution is 2.11. The standard InChI is InChI=1S/C15H16N4O3/c1-10-3-2-4-11-14(10)17-9-19(15(11)22)8-13(21)18-6-5-16-12(20)7-18/h2-4,9H,5-8H2,1H3,(H,16,20). The van der Waals surface area contributed by atoms with Crippen LogP contribution in [0.1, 0.15) is 5.56 Å². The molecular weight excluding hydrogens is 284 g/mol. The Morgan fingerprint density at radius 3 is 2.95 bits per heavy atom. The van der Waals surface area contributed by atoms with E-state index in [1.54, 1.807) is 12.1 Å². The lowest BCUT2D eigenvalue weighted by atomic mass is 10.1. The maximum atomic E-state index is 12.4. The van der Waals surface area contributed by atoms with E-state index >= 15 is 0 Å². The van der Waals surface area contributed by atoms with Gasteiger partial charge in [0.15, 0.2) is 0 Å². The molecule has 0 saturated carbocycles. The molecule has 1 saturated heterocycles. The van der Waals surface area contributed by atoms with Gasteiger partial charge in [-0.3, -0.25) is 19.0 Å². The Kier molecular flexibility index (Phi) is 3.62. The van der Waals surface area contributed by atoms with Crippen molar-refractivity contribution < 1.29 is 9.59 Å². The van der Waals surface area contributed by atoms with Gasteiger partial charge in [0.25, 0.3) is 5.56 Å². The minimum absolute atomic E-state index is 0.0354. The van der Waals surface area contributed by atoms with Gasteiger partial charge >= 0.3 is 0 Å². The zero-order valence-corrected chi connectivity index (χ0v) is 12.2. The second kappa shape index (κ2) is 5.59. The monoisotopic (exact) mass is 300 g/mol. The van der Waals surface area contributed by atoms with Crippen LogP contribution < -0.4 is 10.9 Å². The van der Waals surface area contributed by atoms with E-state index in [1.165, 1.54) is 15.8 Å². The molecule has 114 valence electrons. The van der Waals surface area contributed by atoms with Crippen LogP contribution in [-0.2, 0) is 16.1 Å². The molecule has 7 nitrogen and oxygen atoms in total. The Bertz CT molecular complexity index is 812. The van der Waals surface area contributed by atoms with Gasteiger partial charge < -0.3 is 10.2 Å². The summed E-state index contributed by atoms with van der Waals surface area (Å²) in [6.45, 7) is 2.71. The van der Waals surface area contributed by atoms with E-state index in [0.29, 0.717) is 24.0 Å². The fraction of sp³-hybridized carbons (Fsp3) is 0.333. The Hall–Kier alpha value is -2.70. The molecule has 1 aliphatic rings. The number of fused-ring (bicyclic) bond motifs is 1. The maximum absolute atomic E-state index is 12.4. The number of hydrogen-bond donors (Lipinski definition) is 1. The predicted octanol–water partition coefficient (Wildman–Crippen LogP) is -0.337. The lowest BCUT2D eigenvalue weighted by Crippen LogP contribution is -2.51. The molecule has 0 spiro atoms. The number of para-hydroxylation sites is 1. The maximum Gasteiger partial charge on any atom is 0.261 e. The number of aromatic nitrogens is 2. The van der Waals surface area contributed by atoms with Crippen molar-refractivity contribution in [1.82, 2.24) is 19.8 Å². The molecular formula is C15H16N4O3. The van der Waals surface area contributed by atoms with Crippen molar-refractivity contribution >= 4 is 22.7 Å². The minimum Gasteiger partial charge on any atom is -0.353 e. The quantitative estimate of drug-likeness (QED) is 0.822. The number of hydrogen-bond acceptors (Lipinski definition) is 4. The third-order valence-corrected chi connectivity index (χ3v) is 3.75. The second-order valence-corrected chi connectivity index (χ2v) is 5.31. The first-order valence-electron chi connectivity index (χ1n) is 7.05. The molecule has 2 amide bonds. The van der Waals surface area contributed by atoms with Gasteiger partial charge in [-0.15, -0.1) is 0 Å². The van der Waals surface area contributed by atoms with Crippen molar-refractivity contribution in [1.29, 1.82) is 0 Å². The van der Waals surface area contributed by atoms with Gasteiger partial charge in [-0.25, -0.2) is 4.98 Å². The van der Waals surface area contributed by atoms with Crippen molar-refractivity contribution in [2.45, 2.75) is 13.5 Å². The van der Waals surface area contributed by atoms with Crippen molar-refractivity contribution in [2.75, 3.05) is 19.6 Å². The summed E-state index contributed by atoms with van der Waals surface area (Å²) in [7, 11) is 0. The van der Waals surface area contributed by atoms with Gasteiger partial charge in [0.05, 0.1) is 23.8 Å². The van der Waals surface area contributed by atoms with Gasteiger partial charge in [-0.1, -0.05) is 12.1 Å². The summed E-state index contributed by atoms with van der Waals surface area (Å²) < 4.78 is 1.29. The van der Waals surface area contributed by atoms with Crippen LogP contribution in [-0.4, -0.2) is 45.9 Å². The molecule has 0 bridgehead atoms. The van der Waals surface area contributed by atoms with Crippen LogP contribution >= 0.6 is 0 Å². The van der Waals surface area contributed by atoms with E-state index in [9.17, 15) is 14.4 Å². The van der Waals surface area contributed by atoms with Crippen molar-refractivity contribution in [3.8, 4) is 0 Å². The van der Waals surface area contributed by atoms with E-state index in [0.717, 1.165) is 5.56 Å². The molecule has 0 atom stereocenters. The molecule has 22 heavy (non-hydrogen) atoms. The average Bonchev–Trinajstić information content (AvgIpc) is 2.50. The lowest BCUT2D eigenvalue weighted by Gasteiger charge is -2.26. The van der Waals surface area contributed by atoms with Gasteiger partial charge in [-0.2, -0.15) is 0 Å². The molecule has 2 heterocycles. The van der Waals surface area contributed by atoms with Crippen molar-refractivity contribution in [3.63, 3.8) is 0 Å². The van der Waals surface area contributed by atoms with Gasteiger partial charge in [0.2, 0.25) is 11.8 Å². The van der Waals surface area contributed by atoms with E-state index in [4.69, 9.17) is 0 Å². The lowest BCUT2D eigenvalue weighted by molar-refractivity contribution is -0.138. The first-order valence-corrected chi connectivity index (χ1v) is 7.05. The summed E-state index contributed by atoms with van der Waals surface area (Å²) in [6, 6.07) is 5.38. The number of nitrogens with zero attached hydrogens (tertiary/aromatic N) is 3. The summed E-state index contributed by atoms with van der Waals surface area (Å²) in [5.41, 5.74) is 1.32. The van der Waals surface area contributed by atoms with Crippen LogP contribution in [0, 0.1) is 6.92 Å². The number of piperazine rings is 1. The number of nitrogens with one attached hydrogen (secondary N) is 1. The molecule has 0 unspecified atom stereocenters. The van der Waals surface area contributed by atoms with Gasteiger partial charge in [0, 0.05) is 13.1 Å². The Labute approximate surface area is 126 Å². The van der Waals surface area contributed by atoms with Crippen LogP contribution in [0.25, 0.3) is 10.9 Å². The van der Waals surface area contributed by atoms with Gasteiger partial charge in [-0.05, 0) is 18.6 Å². The number of amides is 2. The Balaban J connectivity index is 1.88. The molecule has 7 heteroatoms. The summed E-state index contributed by atoms with van der Waals surface area (Å²) in [5, 5.41) is 3.15. The smallest absolute Gasteiger partial charge is 0.261 e. The zero-order valence-electron chi connectivity index (χ0n) is 12.2. The van der Waals surface area contributed by atoms with Crippen LogP contribution in [0.2, 0.25) is 0 Å². The zero-order chi connectivity index (χ0) is 15.7. The summed E-state index contributed by atoms with van der Waals surface area (Å²) in [4.78, 5) is 41.7. The Morgan fingerprint density at radius 2 is 2.18 bits per heavy atom. The first kappa shape index (κ1) is 14.2. The van der Waals surface area contributed by atoms with E-state index in [1.807, 2.05) is 13.0 Å². The van der Waals surface area contributed by atoms with E-state index in [2.05, 4.69) is 10.3 Å². The van der Waals surface area contributed by atoms with Gasteiger partial charge in [0.1, 0.15) is 6.54 Å². The fourth-order valence-corrected chi connectivity index (χ4v) is 2.55. The van der Waals surface area contributed by atoms with Crippen LogP contribution in [0.3, 0.4) is 0 Å². The second-order valence-electron chi connectivity index (χ2n) is 5.31. The Morgan fingerprint density at radius 1 is 1.36 bits per heavy atom. The molecule has 0 radical (unpaired) electrons. The number of benzene rings is 1. The summed E-state index contributed by atoms with van der Waals surface area (Å²) in [5.74, 6) is -0.440. The largest absolute Gasteiger partial charge is 0.353 e. The van der Waals surface area contributed by atoms with Crippen LogP contribution in [0.15, 0.2) is 29.3 Å². The number of aryl methyl sites for hydroxylation is 1. The number of carbonyl (C=O) groups is 2. The summed E-state index contributed by atoms with van der Waals surface area (Å²) >= 11 is 0. The third kappa shape index (κ3) is 2.57. The highest BCUT2D eigenvalue weighted by atomic mass is 16.2. The highest BCUT2D eigenvalue weighted by molar-refractivity contribution is 5.86. The topological polar surface area (TPSA) is 84.3 Å². The SMILES string of the molecule is Cc1cccc2c(=O)n(CC(=O)N3CCNC(=O)C3)cnc12. The molecule has 2 aromatic rings. The predicted molar refractivity (Wildman–Crippen MR) is 80.3 cm³/mol. The highest BCUT2D eigenvalue weighted by Gasteiger charge is 2.21. The summed E-state index contributed by atoms with van der Waals surface area (Å²) in [6.07, 6.45) is 1.39. The molecule has 1 aromatic heterocycles. The van der Waals surface area contributed by atoms with E-state index in [-0.39, 0.29) is 30.5 Å². The van der Waals surface area contributed by atoms with Crippen LogP contribution in [0.4, 0.5) is 0 Å². The molecule has 0 aliphatic carbocycles. The average molecular weight is 300 g/mol. The first-order chi connectivity index (χ1) is 10.6. The van der Waals surface area contributed by atoms with Crippen molar-refractivity contribution in [2.24, 2.45) is 0 Å². The normalized spacial score (nSPS) is 15.0. The molecule has 1 aromatic carbocycles.